The van der Waals surface area contributed by atoms with Crippen LogP contribution in [0.25, 0.3) is 16.9 Å². The Morgan fingerprint density at radius 3 is 1.97 bits per heavy atom. The van der Waals surface area contributed by atoms with Crippen molar-refractivity contribution in [2.45, 2.75) is 13.8 Å². The molecule has 0 bridgehead atoms. The van der Waals surface area contributed by atoms with Crippen LogP contribution in [0.5, 0.6) is 11.5 Å². The van der Waals surface area contributed by atoms with Crippen LogP contribution >= 0.6 is 11.3 Å². The molecule has 158 valence electrons. The first-order chi connectivity index (χ1) is 15.2. The van der Waals surface area contributed by atoms with E-state index in [1.54, 1.807) is 12.1 Å². The van der Waals surface area contributed by atoms with Crippen molar-refractivity contribution in [1.29, 1.82) is 0 Å². The maximum absolute atomic E-state index is 13.5. The Morgan fingerprint density at radius 2 is 1.39 bits per heavy atom. The third-order valence-corrected chi connectivity index (χ3v) is 5.45. The van der Waals surface area contributed by atoms with Gasteiger partial charge in [-0.05, 0) is 92.2 Å². The van der Waals surface area contributed by atoms with Crippen molar-refractivity contribution in [2.75, 3.05) is 13.2 Å². The van der Waals surface area contributed by atoms with E-state index in [1.807, 2.05) is 67.8 Å². The zero-order chi connectivity index (χ0) is 21.6. The Labute approximate surface area is 184 Å². The fourth-order valence-electron chi connectivity index (χ4n) is 3.21. The number of ether oxygens (including phenoxy) is 2. The molecule has 3 aromatic carbocycles. The summed E-state index contributed by atoms with van der Waals surface area (Å²) in [6.45, 7) is 5.16. The monoisotopic (exact) mass is 434 g/mol. The molecule has 4 aromatic rings. The highest BCUT2D eigenvalue weighted by molar-refractivity contribution is 7.07. The van der Waals surface area contributed by atoms with Crippen LogP contribution in [0.2, 0.25) is 0 Å². The quantitative estimate of drug-likeness (QED) is 0.339. The molecule has 0 atom stereocenters. The molecule has 0 spiro atoms. The first-order valence-electron chi connectivity index (χ1n) is 10.1. The first-order valence-corrected chi connectivity index (χ1v) is 11.0. The Morgan fingerprint density at radius 1 is 0.806 bits per heavy atom. The average molecular weight is 435 g/mol. The van der Waals surface area contributed by atoms with Gasteiger partial charge >= 0.3 is 0 Å². The summed E-state index contributed by atoms with van der Waals surface area (Å²) in [7, 11) is 0. The molecule has 0 saturated heterocycles. The number of thiazole rings is 1. The topological polar surface area (TPSA) is 35.8 Å². The highest BCUT2D eigenvalue weighted by Gasteiger charge is 2.11. The molecule has 0 amide bonds. The van der Waals surface area contributed by atoms with Crippen LogP contribution in [-0.2, 0) is 0 Å². The van der Waals surface area contributed by atoms with Gasteiger partial charge in [-0.2, -0.15) is 0 Å². The molecule has 0 saturated carbocycles. The van der Waals surface area contributed by atoms with Crippen molar-refractivity contribution in [3.63, 3.8) is 0 Å². The van der Waals surface area contributed by atoms with Gasteiger partial charge in [0.2, 0.25) is 0 Å². The molecule has 0 unspecified atom stereocenters. The van der Waals surface area contributed by atoms with Crippen LogP contribution in [0.4, 0.5) is 10.1 Å². The van der Waals surface area contributed by atoms with Crippen molar-refractivity contribution in [3.05, 3.63) is 88.8 Å². The van der Waals surface area contributed by atoms with Gasteiger partial charge in [-0.1, -0.05) is 0 Å². The number of halogens is 1. The molecule has 0 N–H and O–H groups in total. The van der Waals surface area contributed by atoms with Crippen LogP contribution in [0.1, 0.15) is 13.8 Å². The van der Waals surface area contributed by atoms with Gasteiger partial charge in [-0.15, -0.1) is 11.3 Å². The fraction of sp³-hybridized carbons (Fsp3) is 0.160. The maximum Gasteiger partial charge on any atom is 0.195 e. The summed E-state index contributed by atoms with van der Waals surface area (Å²) in [5, 5.41) is 2.04. The van der Waals surface area contributed by atoms with Crippen molar-refractivity contribution in [1.82, 2.24) is 4.57 Å². The largest absolute Gasteiger partial charge is 0.494 e. The number of nitrogens with zero attached hydrogens (tertiary/aromatic N) is 2. The SMILES string of the molecule is CCOc1ccc(N=c2scc(-c3ccc(F)cc3)n2-c2ccc(OCC)cc2)cc1. The molecule has 4 nitrogen and oxygen atoms in total. The Hall–Kier alpha value is -3.38. The summed E-state index contributed by atoms with van der Waals surface area (Å²) in [6, 6.07) is 22.1. The molecule has 31 heavy (non-hydrogen) atoms. The maximum atomic E-state index is 13.5. The summed E-state index contributed by atoms with van der Waals surface area (Å²) in [5.41, 5.74) is 3.64. The molecule has 0 aliphatic rings. The second kappa shape index (κ2) is 9.62. The second-order valence-electron chi connectivity index (χ2n) is 6.71. The summed E-state index contributed by atoms with van der Waals surface area (Å²) in [4.78, 5) is 5.67. The molecule has 0 aliphatic carbocycles. The van der Waals surface area contributed by atoms with Crippen molar-refractivity contribution < 1.29 is 13.9 Å². The van der Waals surface area contributed by atoms with Crippen molar-refractivity contribution >= 4 is 17.0 Å². The number of hydrogen-bond acceptors (Lipinski definition) is 4. The number of aromatic nitrogens is 1. The molecule has 4 rings (SSSR count). The minimum absolute atomic E-state index is 0.258. The van der Waals surface area contributed by atoms with Gasteiger partial charge in [0.1, 0.15) is 17.3 Å². The molecular weight excluding hydrogens is 411 g/mol. The fourth-order valence-corrected chi connectivity index (χ4v) is 4.14. The zero-order valence-corrected chi connectivity index (χ0v) is 18.2. The molecule has 0 aliphatic heterocycles. The van der Waals surface area contributed by atoms with Gasteiger partial charge in [-0.3, -0.25) is 4.57 Å². The third-order valence-electron chi connectivity index (χ3n) is 4.63. The predicted molar refractivity (Wildman–Crippen MR) is 123 cm³/mol. The van der Waals surface area contributed by atoms with Crippen LogP contribution in [0.3, 0.4) is 0 Å². The van der Waals surface area contributed by atoms with Crippen LogP contribution < -0.4 is 14.3 Å². The van der Waals surface area contributed by atoms with Crippen LogP contribution in [-0.4, -0.2) is 17.8 Å². The van der Waals surface area contributed by atoms with Gasteiger partial charge in [0.05, 0.1) is 24.6 Å². The van der Waals surface area contributed by atoms with Crippen molar-refractivity contribution in [3.8, 4) is 28.4 Å². The third kappa shape index (κ3) is 4.86. The minimum Gasteiger partial charge on any atom is -0.494 e. The summed E-state index contributed by atoms with van der Waals surface area (Å²) >= 11 is 1.53. The lowest BCUT2D eigenvalue weighted by Gasteiger charge is -2.11. The van der Waals surface area contributed by atoms with E-state index in [0.29, 0.717) is 13.2 Å². The van der Waals surface area contributed by atoms with E-state index in [2.05, 4.69) is 4.57 Å². The highest BCUT2D eigenvalue weighted by atomic mass is 32.1. The Bertz CT molecular complexity index is 1190. The summed E-state index contributed by atoms with van der Waals surface area (Å²) in [6.07, 6.45) is 0. The molecule has 1 aromatic heterocycles. The molecule has 0 fully saturated rings. The number of rotatable bonds is 7. The van der Waals surface area contributed by atoms with Gasteiger partial charge in [0, 0.05) is 11.1 Å². The highest BCUT2D eigenvalue weighted by Crippen LogP contribution is 2.26. The van der Waals surface area contributed by atoms with E-state index < -0.39 is 0 Å². The van der Waals surface area contributed by atoms with E-state index >= 15 is 0 Å². The van der Waals surface area contributed by atoms with Gasteiger partial charge in [0.25, 0.3) is 0 Å². The molecule has 0 radical (unpaired) electrons. The van der Waals surface area contributed by atoms with E-state index in [9.17, 15) is 4.39 Å². The zero-order valence-electron chi connectivity index (χ0n) is 17.4. The smallest absolute Gasteiger partial charge is 0.195 e. The van der Waals surface area contributed by atoms with Gasteiger partial charge in [0.15, 0.2) is 4.80 Å². The summed E-state index contributed by atoms with van der Waals surface area (Å²) < 4.78 is 26.6. The molecule has 6 heteroatoms. The van der Waals surface area contributed by atoms with E-state index in [4.69, 9.17) is 14.5 Å². The van der Waals surface area contributed by atoms with E-state index in [-0.39, 0.29) is 5.82 Å². The van der Waals surface area contributed by atoms with Crippen LogP contribution in [0, 0.1) is 5.82 Å². The lowest BCUT2D eigenvalue weighted by Crippen LogP contribution is -2.13. The average Bonchev–Trinajstić information content (AvgIpc) is 3.20. The predicted octanol–water partition coefficient (Wildman–Crippen LogP) is 6.37. The normalized spacial score (nSPS) is 11.5. The first kappa shape index (κ1) is 20.9. The minimum atomic E-state index is -0.258. The number of benzene rings is 3. The van der Waals surface area contributed by atoms with E-state index in [0.717, 1.165) is 38.9 Å². The molecule has 1 heterocycles. The Balaban J connectivity index is 1.82. The standard InChI is InChI=1S/C25H23FN2O2S/c1-3-29-22-13-9-20(10-14-22)27-25-28(21-11-15-23(16-12-21)30-4-2)24(17-31-25)18-5-7-19(26)8-6-18/h5-17H,3-4H2,1-2H3. The Kier molecular flexibility index (Phi) is 6.48. The lowest BCUT2D eigenvalue weighted by molar-refractivity contribution is 0.340. The second-order valence-corrected chi connectivity index (χ2v) is 7.55. The van der Waals surface area contributed by atoms with Gasteiger partial charge in [-0.25, -0.2) is 9.38 Å². The van der Waals surface area contributed by atoms with Gasteiger partial charge < -0.3 is 9.47 Å². The summed E-state index contributed by atoms with van der Waals surface area (Å²) in [5.74, 6) is 1.38. The van der Waals surface area contributed by atoms with Crippen LogP contribution in [0.15, 0.2) is 83.2 Å². The molecular formula is C25H23FN2O2S. The van der Waals surface area contributed by atoms with Crippen molar-refractivity contribution in [2.24, 2.45) is 4.99 Å². The van der Waals surface area contributed by atoms with E-state index in [1.165, 1.54) is 23.5 Å². The lowest BCUT2D eigenvalue weighted by atomic mass is 10.1. The number of hydrogen-bond donors (Lipinski definition) is 0.